The van der Waals surface area contributed by atoms with Crippen LogP contribution < -0.4 is 57.6 Å². The van der Waals surface area contributed by atoms with Crippen LogP contribution in [-0.2, 0) is 80.5 Å². The topological polar surface area (TPSA) is 426 Å². The lowest BCUT2D eigenvalue weighted by Crippen LogP contribution is -2.61. The van der Waals surface area contributed by atoms with Crippen molar-refractivity contribution in [2.24, 2.45) is 22.4 Å². The number of aromatic nitrogens is 3. The van der Waals surface area contributed by atoms with Gasteiger partial charge >= 0.3 is 11.9 Å². The molecule has 6 amide bonds. The van der Waals surface area contributed by atoms with Crippen LogP contribution in [0.25, 0.3) is 32.7 Å². The molecule has 16 N–H and O–H groups in total. The fourth-order valence-electron chi connectivity index (χ4n) is 13.0. The molecule has 7 atom stereocenters. The van der Waals surface area contributed by atoms with Crippen LogP contribution in [-0.4, -0.2) is 147 Å². The molecular formula is C76H95N13O14S. The largest absolute Gasteiger partial charge is 0.488 e. The molecule has 554 valence electrons. The number of carbonyl (C=O) groups is 8. The zero-order valence-electron chi connectivity index (χ0n) is 60.2. The van der Waals surface area contributed by atoms with Crippen LogP contribution in [0.2, 0.25) is 0 Å². The van der Waals surface area contributed by atoms with E-state index in [9.17, 15) is 42.6 Å². The Bertz CT molecular complexity index is 4650. The van der Waals surface area contributed by atoms with E-state index in [0.29, 0.717) is 79.5 Å². The lowest BCUT2D eigenvalue weighted by atomic mass is 9.88. The highest BCUT2D eigenvalue weighted by molar-refractivity contribution is 7.90. The predicted molar refractivity (Wildman–Crippen MR) is 395 cm³/mol. The van der Waals surface area contributed by atoms with Crippen LogP contribution in [0, 0.1) is 26.7 Å². The lowest BCUT2D eigenvalue weighted by Gasteiger charge is -2.35. The van der Waals surface area contributed by atoms with Gasteiger partial charge in [0.15, 0.2) is 0 Å². The van der Waals surface area contributed by atoms with Crippen molar-refractivity contribution in [3.8, 4) is 11.5 Å². The first-order valence-electron chi connectivity index (χ1n) is 34.8. The van der Waals surface area contributed by atoms with E-state index in [1.54, 1.807) is 108 Å². The minimum Gasteiger partial charge on any atom is -0.488 e. The third-order valence-electron chi connectivity index (χ3n) is 18.6. The van der Waals surface area contributed by atoms with Crippen LogP contribution in [0.15, 0.2) is 126 Å². The number of aromatic amines is 3. The first-order valence-corrected chi connectivity index (χ1v) is 36.2. The molecule has 0 radical (unpaired) electrons. The van der Waals surface area contributed by atoms with Crippen molar-refractivity contribution in [3.63, 3.8) is 0 Å². The SMILES string of the molecule is Cc1c(C)c(S(=O)(=O)NC(N)=NCCC[C@H](NC(=O)[C@@H](Cc2c[nH]c3ccccc23)NC(=O)[C@@H](Cc2c[nH]c3ccccc23)NC(=O)[C@@H](NC(=O)[C@@H](Cc2c[nH]c3ccccc23)NC(=O)[C@@H](N)Cc2ccc(OC(C)(C)C)cc2)C(C)C)C(=O)N[C@@H](CCC(=O)O)C(=O)O)c(C)c2c1OC(C)(C)CC2. The van der Waals surface area contributed by atoms with Gasteiger partial charge in [0.2, 0.25) is 41.4 Å². The van der Waals surface area contributed by atoms with Gasteiger partial charge in [-0.3, -0.25) is 38.6 Å². The van der Waals surface area contributed by atoms with E-state index in [1.165, 1.54) is 0 Å². The van der Waals surface area contributed by atoms with E-state index in [4.69, 9.17) is 20.9 Å². The summed E-state index contributed by atoms with van der Waals surface area (Å²) in [5, 5.41) is 38.3. The van der Waals surface area contributed by atoms with E-state index in [2.05, 4.69) is 56.6 Å². The van der Waals surface area contributed by atoms with Gasteiger partial charge in [0.25, 0.3) is 10.0 Å². The van der Waals surface area contributed by atoms with Crippen LogP contribution in [0.1, 0.15) is 125 Å². The first-order chi connectivity index (χ1) is 49.1. The molecule has 104 heavy (non-hydrogen) atoms. The Hall–Kier alpha value is -10.7. The van der Waals surface area contributed by atoms with Gasteiger partial charge in [-0.05, 0) is 175 Å². The second-order valence-corrected chi connectivity index (χ2v) is 30.2. The number of benzene rings is 5. The number of rotatable bonds is 32. The van der Waals surface area contributed by atoms with Gasteiger partial charge in [-0.2, -0.15) is 0 Å². The summed E-state index contributed by atoms with van der Waals surface area (Å²) >= 11 is 0. The van der Waals surface area contributed by atoms with Crippen molar-refractivity contribution < 1.29 is 66.5 Å². The maximum Gasteiger partial charge on any atom is 0.326 e. The molecule has 4 heterocycles. The number of fused-ring (bicyclic) bond motifs is 4. The fourth-order valence-corrected chi connectivity index (χ4v) is 14.5. The van der Waals surface area contributed by atoms with Crippen molar-refractivity contribution in [1.82, 2.24) is 51.6 Å². The number of guanidine groups is 1. The number of nitrogens with one attached hydrogen (secondary N) is 10. The van der Waals surface area contributed by atoms with Crippen LogP contribution in [0.5, 0.6) is 11.5 Å². The highest BCUT2D eigenvalue weighted by atomic mass is 32.2. The van der Waals surface area contributed by atoms with E-state index in [0.717, 1.165) is 22.0 Å². The molecule has 0 saturated carbocycles. The highest BCUT2D eigenvalue weighted by Crippen LogP contribution is 2.42. The van der Waals surface area contributed by atoms with E-state index in [1.807, 2.05) is 77.1 Å². The van der Waals surface area contributed by atoms with Gasteiger partial charge < -0.3 is 78.0 Å². The molecule has 1 aliphatic heterocycles. The maximum absolute atomic E-state index is 15.5. The summed E-state index contributed by atoms with van der Waals surface area (Å²) in [7, 11) is -4.34. The number of nitrogens with two attached hydrogens (primary N) is 2. The van der Waals surface area contributed by atoms with Gasteiger partial charge in [0.05, 0.1) is 10.9 Å². The molecule has 28 heteroatoms. The monoisotopic (exact) mass is 1450 g/mol. The van der Waals surface area contributed by atoms with E-state index < -0.39 is 136 Å². The summed E-state index contributed by atoms with van der Waals surface area (Å²) in [4.78, 5) is 127. The van der Waals surface area contributed by atoms with Crippen LogP contribution >= 0.6 is 0 Å². The molecule has 9 rings (SSSR count). The normalized spacial score (nSPS) is 15.1. The number of carboxylic acids is 2. The number of carboxylic acid groups (broad SMARTS) is 2. The minimum absolute atomic E-state index is 0.0179. The molecule has 0 fully saturated rings. The summed E-state index contributed by atoms with van der Waals surface area (Å²) in [5.41, 5.74) is 19.0. The maximum atomic E-state index is 15.5. The molecule has 8 aromatic rings. The molecule has 0 unspecified atom stereocenters. The van der Waals surface area contributed by atoms with Crippen molar-refractivity contribution in [2.75, 3.05) is 6.54 Å². The van der Waals surface area contributed by atoms with Gasteiger partial charge in [-0.15, -0.1) is 0 Å². The predicted octanol–water partition coefficient (Wildman–Crippen LogP) is 6.52. The summed E-state index contributed by atoms with van der Waals surface area (Å²) < 4.78 is 42.9. The van der Waals surface area contributed by atoms with Gasteiger partial charge in [0.1, 0.15) is 59.0 Å². The number of hydrogen-bond donors (Lipinski definition) is 14. The molecule has 1 aliphatic rings. The van der Waals surface area contributed by atoms with Crippen LogP contribution in [0.3, 0.4) is 0 Å². The Labute approximate surface area is 603 Å². The Balaban J connectivity index is 0.985. The Kier molecular flexibility index (Phi) is 24.7. The fraction of sp³-hybridized carbons (Fsp3) is 0.408. The molecule has 3 aromatic heterocycles. The van der Waals surface area contributed by atoms with Gasteiger partial charge in [-0.1, -0.05) is 80.6 Å². The van der Waals surface area contributed by atoms with Crippen LogP contribution in [0.4, 0.5) is 0 Å². The Morgan fingerprint density at radius 1 is 0.606 bits per heavy atom. The van der Waals surface area contributed by atoms with E-state index >= 15 is 14.4 Å². The minimum atomic E-state index is -4.34. The van der Waals surface area contributed by atoms with Crippen molar-refractivity contribution in [3.05, 3.63) is 160 Å². The smallest absolute Gasteiger partial charge is 0.326 e. The standard InChI is InChI=1S/C76H95N13O14S/c1-41(2)64(88-71(96)62(37-48-40-82-57-23-16-13-20-53(48)57)85-67(92)54(77)34-45-25-27-49(28-26-45)102-75(6,7)8)72(97)87-61(36-47-39-81-56-22-15-12-19-52(47)56)70(95)86-60(35-46-38-80-55-21-14-11-18-51(46)55)69(94)83-58(68(93)84-59(73(98)99)29-30-63(90)91)24-17-33-79-74(78)89-104(100,101)66-43(4)42(3)65-50(44(66)5)31-32-76(9,10)103-65/h11-16,18-23,25-28,38-41,54,58-62,64,80-82H,17,24,29-37,77H2,1-10H3,(H,83,94)(H,84,93)(H,85,92)(H,86,95)(H,87,97)(H,88,96)(H,90,91)(H,98,99)(H3,78,79,89)/t54-,58-,59-,60+,61+,62+,64-/m0/s1. The number of hydrogen-bond acceptors (Lipinski definition) is 14. The number of aliphatic carboxylic acids is 2. The van der Waals surface area contributed by atoms with Gasteiger partial charge in [-0.25, -0.2) is 17.9 Å². The quantitative estimate of drug-likeness (QED) is 0.0121. The lowest BCUT2D eigenvalue weighted by molar-refractivity contribution is -0.143. The summed E-state index contributed by atoms with van der Waals surface area (Å²) in [5.74, 6) is -7.82. The molecular weight excluding hydrogens is 1350 g/mol. The Morgan fingerprint density at radius 2 is 1.07 bits per heavy atom. The number of H-pyrrole nitrogens is 3. The second kappa shape index (κ2) is 33.1. The summed E-state index contributed by atoms with van der Waals surface area (Å²) in [6.45, 7) is 18.0. The molecule has 5 aromatic carbocycles. The van der Waals surface area contributed by atoms with Crippen molar-refractivity contribution in [1.29, 1.82) is 0 Å². The van der Waals surface area contributed by atoms with Crippen molar-refractivity contribution in [2.45, 2.75) is 192 Å². The Morgan fingerprint density at radius 3 is 1.56 bits per heavy atom. The van der Waals surface area contributed by atoms with Gasteiger partial charge in [0, 0.05) is 83.5 Å². The average Bonchev–Trinajstić information content (AvgIpc) is 1.09. The third kappa shape index (κ3) is 19.7. The number of sulfonamides is 1. The third-order valence-corrected chi connectivity index (χ3v) is 20.2. The molecule has 27 nitrogen and oxygen atoms in total. The van der Waals surface area contributed by atoms with Crippen molar-refractivity contribution >= 4 is 96.1 Å². The molecule has 0 aliphatic carbocycles. The number of amides is 6. The second-order valence-electron chi connectivity index (χ2n) is 28.6. The number of para-hydroxylation sites is 3. The zero-order valence-corrected chi connectivity index (χ0v) is 61.0. The number of carbonyl (C=O) groups excluding carboxylic acids is 6. The average molecular weight is 1450 g/mol. The highest BCUT2D eigenvalue weighted by Gasteiger charge is 2.38. The molecule has 0 saturated heterocycles. The summed E-state index contributed by atoms with van der Waals surface area (Å²) in [6.07, 6.45) is 4.41. The zero-order chi connectivity index (χ0) is 75.5. The first kappa shape index (κ1) is 77.4. The molecule has 0 spiro atoms. The summed E-state index contributed by atoms with van der Waals surface area (Å²) in [6, 6.07) is 18.9. The van der Waals surface area contributed by atoms with E-state index in [-0.39, 0.29) is 50.0 Å². The number of nitrogens with zero attached hydrogens (tertiary/aromatic N) is 1. The number of aliphatic imine (C=N–C) groups is 1. The molecule has 0 bridgehead atoms. The number of ether oxygens (including phenoxy) is 2.